The molecule has 0 saturated carbocycles. The molecular formula is C26H23ClN2O3. The summed E-state index contributed by atoms with van der Waals surface area (Å²) in [6, 6.07) is 18.1. The Balaban J connectivity index is 1.89. The van der Waals surface area contributed by atoms with Crippen molar-refractivity contribution in [3.63, 3.8) is 0 Å². The van der Waals surface area contributed by atoms with E-state index in [1.54, 1.807) is 36.4 Å². The van der Waals surface area contributed by atoms with Gasteiger partial charge in [-0.15, -0.1) is 0 Å². The van der Waals surface area contributed by atoms with Gasteiger partial charge in [-0.05, 0) is 67.3 Å². The molecule has 1 aliphatic rings. The van der Waals surface area contributed by atoms with Crippen molar-refractivity contribution >= 4 is 40.4 Å². The Kier molecular flexibility index (Phi) is 5.76. The fourth-order valence-electron chi connectivity index (χ4n) is 3.71. The predicted octanol–water partition coefficient (Wildman–Crippen LogP) is 5.67. The Bertz CT molecular complexity index is 1280. The van der Waals surface area contributed by atoms with Crippen molar-refractivity contribution in [3.05, 3.63) is 93.6 Å². The summed E-state index contributed by atoms with van der Waals surface area (Å²) >= 11 is 6.19. The van der Waals surface area contributed by atoms with E-state index in [-0.39, 0.29) is 5.70 Å². The van der Waals surface area contributed by atoms with Crippen molar-refractivity contribution in [1.29, 1.82) is 0 Å². The van der Waals surface area contributed by atoms with Gasteiger partial charge in [0, 0.05) is 10.7 Å². The summed E-state index contributed by atoms with van der Waals surface area (Å²) < 4.78 is 5.42. The van der Waals surface area contributed by atoms with Crippen LogP contribution in [0.1, 0.15) is 22.3 Å². The first-order valence-corrected chi connectivity index (χ1v) is 10.6. The van der Waals surface area contributed by atoms with Crippen molar-refractivity contribution in [2.24, 2.45) is 0 Å². The minimum atomic E-state index is -0.452. The molecule has 0 bridgehead atoms. The Morgan fingerprint density at radius 1 is 0.844 bits per heavy atom. The molecule has 5 nitrogen and oxygen atoms in total. The monoisotopic (exact) mass is 446 g/mol. The van der Waals surface area contributed by atoms with Crippen molar-refractivity contribution in [2.45, 2.75) is 20.8 Å². The SMILES string of the molecule is COc1ccccc1N1C(=O)C(Nc2cc(Cl)ccc2C)=C(c2ccc(C)c(C)c2)C1=O. The maximum atomic E-state index is 13.7. The molecule has 4 rings (SSSR count). The number of hydrogen-bond acceptors (Lipinski definition) is 4. The van der Waals surface area contributed by atoms with Gasteiger partial charge < -0.3 is 10.1 Å². The molecule has 162 valence electrons. The molecule has 2 amide bonds. The summed E-state index contributed by atoms with van der Waals surface area (Å²) in [5, 5.41) is 3.72. The quantitative estimate of drug-likeness (QED) is 0.513. The first-order chi connectivity index (χ1) is 15.3. The summed E-state index contributed by atoms with van der Waals surface area (Å²) in [5.74, 6) is -0.425. The van der Waals surface area contributed by atoms with Crippen LogP contribution in [0.15, 0.2) is 66.4 Å². The van der Waals surface area contributed by atoms with Crippen LogP contribution in [0, 0.1) is 20.8 Å². The fourth-order valence-corrected chi connectivity index (χ4v) is 3.88. The molecule has 0 fully saturated rings. The van der Waals surface area contributed by atoms with Crippen molar-refractivity contribution in [3.8, 4) is 5.75 Å². The van der Waals surface area contributed by atoms with Crippen molar-refractivity contribution in [1.82, 2.24) is 0 Å². The number of carbonyl (C=O) groups excluding carboxylic acids is 2. The second kappa shape index (κ2) is 8.52. The lowest BCUT2D eigenvalue weighted by molar-refractivity contribution is -0.120. The Labute approximate surface area is 192 Å². The topological polar surface area (TPSA) is 58.6 Å². The third kappa shape index (κ3) is 3.76. The van der Waals surface area contributed by atoms with Gasteiger partial charge in [-0.2, -0.15) is 0 Å². The predicted molar refractivity (Wildman–Crippen MR) is 128 cm³/mol. The highest BCUT2D eigenvalue weighted by molar-refractivity contribution is 6.46. The third-order valence-corrected chi connectivity index (χ3v) is 5.90. The first-order valence-electron chi connectivity index (χ1n) is 10.2. The van der Waals surface area contributed by atoms with Gasteiger partial charge in [0.1, 0.15) is 11.4 Å². The van der Waals surface area contributed by atoms with Gasteiger partial charge in [-0.1, -0.05) is 48.0 Å². The highest BCUT2D eigenvalue weighted by atomic mass is 35.5. The molecular weight excluding hydrogens is 424 g/mol. The average Bonchev–Trinajstić information content (AvgIpc) is 3.02. The first kappa shape index (κ1) is 21.7. The fraction of sp³-hybridized carbons (Fsp3) is 0.154. The number of hydrogen-bond donors (Lipinski definition) is 1. The number of rotatable bonds is 5. The molecule has 0 aliphatic carbocycles. The lowest BCUT2D eigenvalue weighted by Crippen LogP contribution is -2.32. The van der Waals surface area contributed by atoms with E-state index in [0.29, 0.717) is 33.3 Å². The number of nitrogens with one attached hydrogen (secondary N) is 1. The molecule has 1 heterocycles. The van der Waals surface area contributed by atoms with Gasteiger partial charge in [0.05, 0.1) is 18.4 Å². The normalized spacial score (nSPS) is 13.7. The number of aryl methyl sites for hydroxylation is 3. The molecule has 32 heavy (non-hydrogen) atoms. The van der Waals surface area contributed by atoms with Crippen LogP contribution in [0.4, 0.5) is 11.4 Å². The molecule has 0 radical (unpaired) electrons. The van der Waals surface area contributed by atoms with Crippen LogP contribution in [-0.2, 0) is 9.59 Å². The lowest BCUT2D eigenvalue weighted by atomic mass is 9.99. The maximum Gasteiger partial charge on any atom is 0.282 e. The second-order valence-corrected chi connectivity index (χ2v) is 8.19. The Morgan fingerprint density at radius 3 is 2.28 bits per heavy atom. The van der Waals surface area contributed by atoms with E-state index in [2.05, 4.69) is 5.32 Å². The van der Waals surface area contributed by atoms with E-state index in [0.717, 1.165) is 21.6 Å². The van der Waals surface area contributed by atoms with Crippen LogP contribution >= 0.6 is 11.6 Å². The highest BCUT2D eigenvalue weighted by Gasteiger charge is 2.41. The largest absolute Gasteiger partial charge is 0.495 e. The lowest BCUT2D eigenvalue weighted by Gasteiger charge is -2.18. The van der Waals surface area contributed by atoms with Crippen LogP contribution in [0.3, 0.4) is 0 Å². The smallest absolute Gasteiger partial charge is 0.282 e. The van der Waals surface area contributed by atoms with Gasteiger partial charge in [0.2, 0.25) is 0 Å². The zero-order valence-corrected chi connectivity index (χ0v) is 19.1. The number of para-hydroxylation sites is 2. The number of methoxy groups -OCH3 is 1. The van der Waals surface area contributed by atoms with E-state index < -0.39 is 11.8 Å². The van der Waals surface area contributed by atoms with Gasteiger partial charge >= 0.3 is 0 Å². The van der Waals surface area contributed by atoms with Crippen molar-refractivity contribution < 1.29 is 14.3 Å². The van der Waals surface area contributed by atoms with Crippen LogP contribution < -0.4 is 15.0 Å². The van der Waals surface area contributed by atoms with Crippen LogP contribution in [0.25, 0.3) is 5.57 Å². The van der Waals surface area contributed by atoms with Crippen LogP contribution in [0.2, 0.25) is 5.02 Å². The number of nitrogens with zero attached hydrogens (tertiary/aromatic N) is 1. The minimum absolute atomic E-state index is 0.203. The molecule has 0 atom stereocenters. The molecule has 6 heteroatoms. The minimum Gasteiger partial charge on any atom is -0.495 e. The maximum absolute atomic E-state index is 13.7. The second-order valence-electron chi connectivity index (χ2n) is 7.75. The van der Waals surface area contributed by atoms with Gasteiger partial charge in [-0.3, -0.25) is 9.59 Å². The van der Waals surface area contributed by atoms with Crippen LogP contribution in [-0.4, -0.2) is 18.9 Å². The molecule has 3 aromatic carbocycles. The standard InChI is InChI=1S/C26H23ClN2O3/c1-15-9-11-18(13-17(15)3)23-24(28-20-14-19(27)12-10-16(20)2)26(31)29(25(23)30)21-7-5-6-8-22(21)32-4/h5-14,28H,1-4H3. The molecule has 1 aliphatic heterocycles. The number of benzene rings is 3. The molecule has 0 aromatic heterocycles. The number of ether oxygens (including phenoxy) is 1. The van der Waals surface area contributed by atoms with Crippen LogP contribution in [0.5, 0.6) is 5.75 Å². The highest BCUT2D eigenvalue weighted by Crippen LogP contribution is 2.38. The number of imide groups is 1. The Morgan fingerprint density at radius 2 is 1.56 bits per heavy atom. The average molecular weight is 447 g/mol. The van der Waals surface area contributed by atoms with Crippen molar-refractivity contribution in [2.75, 3.05) is 17.3 Å². The van der Waals surface area contributed by atoms with E-state index in [1.807, 2.05) is 45.0 Å². The summed E-state index contributed by atoms with van der Waals surface area (Å²) in [5.41, 5.74) is 5.28. The number of carbonyl (C=O) groups is 2. The summed E-state index contributed by atoms with van der Waals surface area (Å²) in [7, 11) is 1.51. The summed E-state index contributed by atoms with van der Waals surface area (Å²) in [6.45, 7) is 5.89. The van der Waals surface area contributed by atoms with E-state index in [4.69, 9.17) is 16.3 Å². The molecule has 0 saturated heterocycles. The number of anilines is 2. The van der Waals surface area contributed by atoms with Gasteiger partial charge in [-0.25, -0.2) is 4.90 Å². The zero-order chi connectivity index (χ0) is 23.0. The molecule has 1 N–H and O–H groups in total. The van der Waals surface area contributed by atoms with E-state index in [9.17, 15) is 9.59 Å². The molecule has 3 aromatic rings. The molecule has 0 unspecified atom stereocenters. The summed E-state index contributed by atoms with van der Waals surface area (Å²) in [4.78, 5) is 28.4. The number of halogens is 1. The number of amides is 2. The van der Waals surface area contributed by atoms with Gasteiger partial charge in [0.25, 0.3) is 11.8 Å². The van der Waals surface area contributed by atoms with E-state index >= 15 is 0 Å². The van der Waals surface area contributed by atoms with Gasteiger partial charge in [0.15, 0.2) is 0 Å². The third-order valence-electron chi connectivity index (χ3n) is 5.66. The van der Waals surface area contributed by atoms with E-state index in [1.165, 1.54) is 7.11 Å². The molecule has 0 spiro atoms. The summed E-state index contributed by atoms with van der Waals surface area (Å²) in [6.07, 6.45) is 0. The zero-order valence-electron chi connectivity index (χ0n) is 18.3. The Hall–Kier alpha value is -3.57.